The van der Waals surface area contributed by atoms with Crippen molar-refractivity contribution in [3.05, 3.63) is 35.9 Å². The maximum absolute atomic E-state index is 12.6. The summed E-state index contributed by atoms with van der Waals surface area (Å²) in [5, 5.41) is 2.97. The zero-order chi connectivity index (χ0) is 17.0. The van der Waals surface area contributed by atoms with E-state index in [0.717, 1.165) is 24.8 Å². The number of amides is 1. The molecule has 1 fully saturated rings. The van der Waals surface area contributed by atoms with Crippen molar-refractivity contribution in [1.29, 1.82) is 0 Å². The summed E-state index contributed by atoms with van der Waals surface area (Å²) in [4.78, 5) is 12.6. The van der Waals surface area contributed by atoms with Crippen molar-refractivity contribution in [3.8, 4) is 0 Å². The Hall–Kier alpha value is -1.43. The Balaban J connectivity index is 1.79. The molecule has 0 unspecified atom stereocenters. The van der Waals surface area contributed by atoms with E-state index in [-0.39, 0.29) is 12.0 Å². The standard InChI is InChI=1S/C19H29NO4/c1-22-14-15-23-13-7-12-20-19(21)18(16-8-3-2-4-9-16)24-17-10-5-6-11-17/h2-4,8-9,17-18H,5-7,10-15H2,1H3,(H,20,21)/t18-/m1/s1. The first kappa shape index (κ1) is 18.9. The highest BCUT2D eigenvalue weighted by Gasteiger charge is 2.26. The van der Waals surface area contributed by atoms with Crippen LogP contribution in [0.4, 0.5) is 0 Å². The fourth-order valence-electron chi connectivity index (χ4n) is 2.86. The zero-order valence-electron chi connectivity index (χ0n) is 14.5. The van der Waals surface area contributed by atoms with Gasteiger partial charge in [0, 0.05) is 20.3 Å². The molecular weight excluding hydrogens is 306 g/mol. The second-order valence-corrected chi connectivity index (χ2v) is 6.08. The Morgan fingerprint density at radius 2 is 1.92 bits per heavy atom. The van der Waals surface area contributed by atoms with Gasteiger partial charge in [-0.15, -0.1) is 0 Å². The van der Waals surface area contributed by atoms with Crippen LogP contribution in [0.15, 0.2) is 30.3 Å². The molecule has 1 aliphatic rings. The van der Waals surface area contributed by atoms with Crippen LogP contribution in [0.1, 0.15) is 43.8 Å². The van der Waals surface area contributed by atoms with Gasteiger partial charge in [0.25, 0.3) is 5.91 Å². The summed E-state index contributed by atoms with van der Waals surface area (Å²) in [5.41, 5.74) is 0.915. The van der Waals surface area contributed by atoms with E-state index < -0.39 is 6.10 Å². The minimum absolute atomic E-state index is 0.0648. The van der Waals surface area contributed by atoms with Crippen LogP contribution in [-0.2, 0) is 19.0 Å². The molecule has 0 spiro atoms. The lowest BCUT2D eigenvalue weighted by Crippen LogP contribution is -2.33. The van der Waals surface area contributed by atoms with Crippen LogP contribution in [-0.4, -0.2) is 45.5 Å². The van der Waals surface area contributed by atoms with Crippen LogP contribution in [0, 0.1) is 0 Å². The maximum Gasteiger partial charge on any atom is 0.253 e. The highest BCUT2D eigenvalue weighted by molar-refractivity contribution is 5.82. The molecule has 0 aliphatic heterocycles. The van der Waals surface area contributed by atoms with E-state index in [9.17, 15) is 4.79 Å². The average molecular weight is 335 g/mol. The molecule has 1 aromatic rings. The third-order valence-electron chi connectivity index (χ3n) is 4.17. The molecule has 1 aromatic carbocycles. The summed E-state index contributed by atoms with van der Waals surface area (Å²) in [7, 11) is 1.65. The van der Waals surface area contributed by atoms with Crippen molar-refractivity contribution in [3.63, 3.8) is 0 Å². The third-order valence-corrected chi connectivity index (χ3v) is 4.17. The minimum atomic E-state index is -0.524. The Morgan fingerprint density at radius 1 is 1.17 bits per heavy atom. The summed E-state index contributed by atoms with van der Waals surface area (Å²) in [5.74, 6) is -0.0648. The molecule has 1 saturated carbocycles. The minimum Gasteiger partial charge on any atom is -0.382 e. The smallest absolute Gasteiger partial charge is 0.253 e. The monoisotopic (exact) mass is 335 g/mol. The van der Waals surface area contributed by atoms with Gasteiger partial charge in [-0.25, -0.2) is 0 Å². The summed E-state index contributed by atoms with van der Waals surface area (Å²) in [6.07, 6.45) is 4.91. The van der Waals surface area contributed by atoms with Crippen molar-refractivity contribution in [2.75, 3.05) is 33.5 Å². The van der Waals surface area contributed by atoms with E-state index >= 15 is 0 Å². The fourth-order valence-corrected chi connectivity index (χ4v) is 2.86. The van der Waals surface area contributed by atoms with Gasteiger partial charge in [0.15, 0.2) is 6.10 Å². The number of ether oxygens (including phenoxy) is 3. The first-order valence-electron chi connectivity index (χ1n) is 8.86. The Labute approximate surface area is 144 Å². The molecule has 0 radical (unpaired) electrons. The SMILES string of the molecule is COCCOCCCNC(=O)[C@H](OC1CCCC1)c1ccccc1. The first-order valence-corrected chi connectivity index (χ1v) is 8.86. The number of methoxy groups -OCH3 is 1. The number of rotatable bonds is 11. The summed E-state index contributed by atoms with van der Waals surface area (Å²) < 4.78 is 16.4. The molecule has 0 bridgehead atoms. The largest absolute Gasteiger partial charge is 0.382 e. The van der Waals surface area contributed by atoms with Gasteiger partial charge in [-0.2, -0.15) is 0 Å². The molecule has 0 aromatic heterocycles. The van der Waals surface area contributed by atoms with E-state index in [4.69, 9.17) is 14.2 Å². The Kier molecular flexibility index (Phi) is 8.81. The van der Waals surface area contributed by atoms with Crippen LogP contribution in [0.5, 0.6) is 0 Å². The second-order valence-electron chi connectivity index (χ2n) is 6.08. The van der Waals surface area contributed by atoms with Gasteiger partial charge in [0.2, 0.25) is 0 Å². The average Bonchev–Trinajstić information content (AvgIpc) is 3.13. The number of benzene rings is 1. The number of hydrogen-bond acceptors (Lipinski definition) is 4. The molecule has 1 atom stereocenters. The van der Waals surface area contributed by atoms with Crippen molar-refractivity contribution in [2.45, 2.75) is 44.3 Å². The molecule has 2 rings (SSSR count). The normalized spacial score (nSPS) is 16.2. The van der Waals surface area contributed by atoms with Gasteiger partial charge in [-0.3, -0.25) is 4.79 Å². The highest BCUT2D eigenvalue weighted by atomic mass is 16.5. The van der Waals surface area contributed by atoms with Gasteiger partial charge in [-0.05, 0) is 24.8 Å². The molecular formula is C19H29NO4. The van der Waals surface area contributed by atoms with Gasteiger partial charge in [0.05, 0.1) is 19.3 Å². The predicted molar refractivity (Wildman–Crippen MR) is 92.8 cm³/mol. The summed E-state index contributed by atoms with van der Waals surface area (Å²) >= 11 is 0. The van der Waals surface area contributed by atoms with Crippen molar-refractivity contribution in [2.24, 2.45) is 0 Å². The summed E-state index contributed by atoms with van der Waals surface area (Å²) in [6, 6.07) is 9.74. The molecule has 134 valence electrons. The van der Waals surface area contributed by atoms with Crippen molar-refractivity contribution in [1.82, 2.24) is 5.32 Å². The first-order chi connectivity index (χ1) is 11.8. The molecule has 1 amide bonds. The second kappa shape index (κ2) is 11.2. The summed E-state index contributed by atoms with van der Waals surface area (Å²) in [6.45, 7) is 2.38. The number of hydrogen-bond donors (Lipinski definition) is 1. The van der Waals surface area contributed by atoms with Crippen LogP contribution < -0.4 is 5.32 Å². The number of carbonyl (C=O) groups excluding carboxylic acids is 1. The predicted octanol–water partition coefficient (Wildman–Crippen LogP) is 2.86. The van der Waals surface area contributed by atoms with Crippen LogP contribution in [0.2, 0.25) is 0 Å². The number of carbonyl (C=O) groups is 1. The maximum atomic E-state index is 12.6. The molecule has 24 heavy (non-hydrogen) atoms. The van der Waals surface area contributed by atoms with E-state index in [1.54, 1.807) is 7.11 Å². The van der Waals surface area contributed by atoms with Crippen LogP contribution in [0.3, 0.4) is 0 Å². The fraction of sp³-hybridized carbons (Fsp3) is 0.632. The van der Waals surface area contributed by atoms with Crippen LogP contribution in [0.25, 0.3) is 0 Å². The molecule has 1 N–H and O–H groups in total. The molecule has 5 nitrogen and oxygen atoms in total. The van der Waals surface area contributed by atoms with Crippen molar-refractivity contribution < 1.29 is 19.0 Å². The van der Waals surface area contributed by atoms with Gasteiger partial charge < -0.3 is 19.5 Å². The Morgan fingerprint density at radius 3 is 2.62 bits per heavy atom. The zero-order valence-corrected chi connectivity index (χ0v) is 14.5. The molecule has 0 heterocycles. The van der Waals surface area contributed by atoms with Crippen molar-refractivity contribution >= 4 is 5.91 Å². The van der Waals surface area contributed by atoms with Crippen LogP contribution >= 0.6 is 0 Å². The molecule has 5 heteroatoms. The van der Waals surface area contributed by atoms with E-state index in [1.807, 2.05) is 30.3 Å². The van der Waals surface area contributed by atoms with Gasteiger partial charge >= 0.3 is 0 Å². The Bertz CT molecular complexity index is 460. The lowest BCUT2D eigenvalue weighted by Gasteiger charge is -2.22. The van der Waals surface area contributed by atoms with Gasteiger partial charge in [0.1, 0.15) is 0 Å². The van der Waals surface area contributed by atoms with E-state index in [1.165, 1.54) is 12.8 Å². The number of nitrogens with one attached hydrogen (secondary N) is 1. The van der Waals surface area contributed by atoms with E-state index in [2.05, 4.69) is 5.32 Å². The third kappa shape index (κ3) is 6.59. The molecule has 1 aliphatic carbocycles. The topological polar surface area (TPSA) is 56.8 Å². The van der Waals surface area contributed by atoms with Gasteiger partial charge in [-0.1, -0.05) is 43.2 Å². The lowest BCUT2D eigenvalue weighted by atomic mass is 10.1. The lowest BCUT2D eigenvalue weighted by molar-refractivity contribution is -0.137. The quantitative estimate of drug-likeness (QED) is 0.632. The molecule has 0 saturated heterocycles. The highest BCUT2D eigenvalue weighted by Crippen LogP contribution is 2.28. The van der Waals surface area contributed by atoms with E-state index in [0.29, 0.717) is 26.4 Å².